The first kappa shape index (κ1) is 25.8. The molecule has 0 aliphatic heterocycles. The number of carbonyl (C=O) groups is 2. The van der Waals surface area contributed by atoms with Crippen LogP contribution in [0, 0.1) is 0 Å². The minimum atomic E-state index is -3.82. The zero-order chi connectivity index (χ0) is 25.3. The van der Waals surface area contributed by atoms with Crippen LogP contribution in [0.1, 0.15) is 30.1 Å². The minimum absolute atomic E-state index is 0.235. The second kappa shape index (κ2) is 12.0. The van der Waals surface area contributed by atoms with Crippen LogP contribution in [0.2, 0.25) is 0 Å². The number of hydrogen-bond donors (Lipinski definition) is 1. The van der Waals surface area contributed by atoms with Gasteiger partial charge in [-0.15, -0.1) is 0 Å². The number of amides is 1. The summed E-state index contributed by atoms with van der Waals surface area (Å²) in [4.78, 5) is 24.8. The topological polar surface area (TPSA) is 102 Å². The van der Waals surface area contributed by atoms with Gasteiger partial charge in [-0.05, 0) is 55.0 Å². The van der Waals surface area contributed by atoms with Gasteiger partial charge < -0.3 is 14.8 Å². The first-order chi connectivity index (χ1) is 16.8. The van der Waals surface area contributed by atoms with Crippen molar-refractivity contribution in [2.24, 2.45) is 0 Å². The van der Waals surface area contributed by atoms with Crippen molar-refractivity contribution in [1.82, 2.24) is 0 Å². The van der Waals surface area contributed by atoms with Gasteiger partial charge in [0.1, 0.15) is 12.3 Å². The molecular weight excluding hydrogens is 468 g/mol. The molecule has 3 aromatic carbocycles. The van der Waals surface area contributed by atoms with Gasteiger partial charge in [-0.1, -0.05) is 43.7 Å². The Morgan fingerprint density at radius 3 is 2.23 bits per heavy atom. The number of carbonyl (C=O) groups excluding carboxylic acids is 2. The van der Waals surface area contributed by atoms with Crippen LogP contribution in [0.3, 0.4) is 0 Å². The van der Waals surface area contributed by atoms with Crippen molar-refractivity contribution in [3.8, 4) is 11.5 Å². The molecule has 0 fully saturated rings. The lowest BCUT2D eigenvalue weighted by Crippen LogP contribution is -2.37. The molecule has 0 radical (unpaired) electrons. The number of nitrogens with one attached hydrogen (secondary N) is 1. The fourth-order valence-corrected chi connectivity index (χ4v) is 4.02. The van der Waals surface area contributed by atoms with E-state index < -0.39 is 28.4 Å². The van der Waals surface area contributed by atoms with E-state index in [2.05, 4.69) is 5.32 Å². The molecule has 0 heterocycles. The molecule has 0 aliphatic rings. The summed E-state index contributed by atoms with van der Waals surface area (Å²) in [6.07, 6.45) is 2.74. The summed E-state index contributed by atoms with van der Waals surface area (Å²) in [5, 5.41) is 2.66. The Bertz CT molecular complexity index is 1240. The summed E-state index contributed by atoms with van der Waals surface area (Å²) in [6, 6.07) is 21.7. The summed E-state index contributed by atoms with van der Waals surface area (Å²) in [7, 11) is -3.82. The molecule has 0 saturated heterocycles. The summed E-state index contributed by atoms with van der Waals surface area (Å²) in [6.45, 7) is 1.89. The monoisotopic (exact) mass is 496 g/mol. The molecule has 0 atom stereocenters. The number of benzene rings is 3. The number of ether oxygens (including phenoxy) is 2. The van der Waals surface area contributed by atoms with Gasteiger partial charge in [0.2, 0.25) is 15.9 Å². The zero-order valence-corrected chi connectivity index (χ0v) is 20.5. The molecule has 1 amide bonds. The van der Waals surface area contributed by atoms with E-state index in [1.165, 1.54) is 0 Å². The lowest BCUT2D eigenvalue weighted by Gasteiger charge is -2.24. The Morgan fingerprint density at radius 1 is 0.914 bits per heavy atom. The number of sulfonamides is 1. The van der Waals surface area contributed by atoms with Crippen molar-refractivity contribution in [2.75, 3.05) is 29.0 Å². The third-order valence-corrected chi connectivity index (χ3v) is 6.05. The first-order valence-corrected chi connectivity index (χ1v) is 13.0. The number of hydrogen-bond acceptors (Lipinski definition) is 6. The van der Waals surface area contributed by atoms with Crippen LogP contribution in [0.4, 0.5) is 11.4 Å². The maximum atomic E-state index is 12.8. The predicted molar refractivity (Wildman–Crippen MR) is 135 cm³/mol. The van der Waals surface area contributed by atoms with E-state index in [4.69, 9.17) is 9.47 Å². The quantitative estimate of drug-likeness (QED) is 0.301. The smallest absolute Gasteiger partial charge is 0.338 e. The van der Waals surface area contributed by atoms with Crippen molar-refractivity contribution in [3.05, 3.63) is 84.4 Å². The van der Waals surface area contributed by atoms with Gasteiger partial charge in [0.05, 0.1) is 24.1 Å². The molecule has 1 N–H and O–H groups in total. The van der Waals surface area contributed by atoms with Gasteiger partial charge in [0.25, 0.3) is 0 Å². The zero-order valence-electron chi connectivity index (χ0n) is 19.6. The second-order valence-electron chi connectivity index (χ2n) is 7.77. The Balaban J connectivity index is 1.72. The summed E-state index contributed by atoms with van der Waals surface area (Å²) >= 11 is 0. The molecule has 0 aliphatic carbocycles. The fourth-order valence-electron chi connectivity index (χ4n) is 3.16. The average Bonchev–Trinajstić information content (AvgIpc) is 2.83. The molecule has 0 unspecified atom stereocenters. The molecule has 184 valence electrons. The summed E-state index contributed by atoms with van der Waals surface area (Å²) in [5.74, 6) is -0.160. The number of unbranched alkanes of at least 4 members (excludes halogenated alkanes) is 1. The van der Waals surface area contributed by atoms with Crippen LogP contribution in [0.25, 0.3) is 0 Å². The van der Waals surface area contributed by atoms with Gasteiger partial charge in [-0.25, -0.2) is 13.2 Å². The lowest BCUT2D eigenvalue weighted by molar-refractivity contribution is -0.114. The summed E-state index contributed by atoms with van der Waals surface area (Å²) in [5.41, 5.74) is 1.02. The van der Waals surface area contributed by atoms with E-state index in [9.17, 15) is 18.0 Å². The maximum absolute atomic E-state index is 12.8. The molecule has 8 nitrogen and oxygen atoms in total. The predicted octanol–water partition coefficient (Wildman–Crippen LogP) is 4.84. The average molecular weight is 497 g/mol. The lowest BCUT2D eigenvalue weighted by atomic mass is 10.2. The second-order valence-corrected chi connectivity index (χ2v) is 9.67. The van der Waals surface area contributed by atoms with Crippen LogP contribution in [-0.4, -0.2) is 39.7 Å². The SMILES string of the molecule is CCCCOC(=O)c1ccc(NC(=O)CN(c2ccccc2Oc2ccccc2)S(C)(=O)=O)cc1. The molecule has 0 bridgehead atoms. The van der Waals surface area contributed by atoms with Crippen molar-refractivity contribution in [1.29, 1.82) is 0 Å². The molecule has 0 aromatic heterocycles. The van der Waals surface area contributed by atoms with E-state index in [0.29, 0.717) is 29.4 Å². The highest BCUT2D eigenvalue weighted by Gasteiger charge is 2.24. The highest BCUT2D eigenvalue weighted by molar-refractivity contribution is 7.92. The Hall–Kier alpha value is -3.85. The Morgan fingerprint density at radius 2 is 1.57 bits per heavy atom. The third kappa shape index (κ3) is 7.58. The van der Waals surface area contributed by atoms with Gasteiger partial charge in [-0.3, -0.25) is 9.10 Å². The first-order valence-electron chi connectivity index (χ1n) is 11.1. The highest BCUT2D eigenvalue weighted by Crippen LogP contribution is 2.33. The van der Waals surface area contributed by atoms with Gasteiger partial charge in [-0.2, -0.15) is 0 Å². The van der Waals surface area contributed by atoms with Gasteiger partial charge in [0.15, 0.2) is 5.75 Å². The van der Waals surface area contributed by atoms with Crippen molar-refractivity contribution < 1.29 is 27.5 Å². The van der Waals surface area contributed by atoms with Crippen LogP contribution < -0.4 is 14.4 Å². The maximum Gasteiger partial charge on any atom is 0.338 e. The molecule has 9 heteroatoms. The van der Waals surface area contributed by atoms with E-state index >= 15 is 0 Å². The van der Waals surface area contributed by atoms with Gasteiger partial charge in [0, 0.05) is 5.69 Å². The van der Waals surface area contributed by atoms with Crippen molar-refractivity contribution in [2.45, 2.75) is 19.8 Å². The molecule has 0 saturated carbocycles. The highest BCUT2D eigenvalue weighted by atomic mass is 32.2. The van der Waals surface area contributed by atoms with E-state index in [-0.39, 0.29) is 5.69 Å². The molecule has 3 aromatic rings. The van der Waals surface area contributed by atoms with E-state index in [1.54, 1.807) is 72.8 Å². The molecular formula is C26H28N2O6S. The fraction of sp³-hybridized carbons (Fsp3) is 0.231. The van der Waals surface area contributed by atoms with Crippen molar-refractivity contribution >= 4 is 33.3 Å². The third-order valence-electron chi connectivity index (χ3n) is 4.93. The van der Waals surface area contributed by atoms with E-state index in [0.717, 1.165) is 23.4 Å². The Kier molecular flexibility index (Phi) is 8.86. The normalized spacial score (nSPS) is 10.9. The van der Waals surface area contributed by atoms with Crippen LogP contribution in [0.15, 0.2) is 78.9 Å². The largest absolute Gasteiger partial charge is 0.462 e. The number of esters is 1. The summed E-state index contributed by atoms with van der Waals surface area (Å²) < 4.78 is 37.2. The molecule has 3 rings (SSSR count). The minimum Gasteiger partial charge on any atom is -0.462 e. The molecule has 0 spiro atoms. The standard InChI is InChI=1S/C26H28N2O6S/c1-3-4-18-33-26(30)20-14-16-21(17-15-20)27-25(29)19-28(35(2,31)32)23-12-8-9-13-24(23)34-22-10-6-5-7-11-22/h5-17H,3-4,18-19H2,1-2H3,(H,27,29). The van der Waals surface area contributed by atoms with Crippen LogP contribution in [0.5, 0.6) is 11.5 Å². The Labute approximate surface area is 205 Å². The molecule has 35 heavy (non-hydrogen) atoms. The number of rotatable bonds is 11. The van der Waals surface area contributed by atoms with Crippen molar-refractivity contribution in [3.63, 3.8) is 0 Å². The number of nitrogens with zero attached hydrogens (tertiary/aromatic N) is 1. The van der Waals surface area contributed by atoms with Gasteiger partial charge >= 0.3 is 5.97 Å². The van der Waals surface area contributed by atoms with E-state index in [1.807, 2.05) is 13.0 Å². The number of para-hydroxylation sites is 3. The van der Waals surface area contributed by atoms with Crippen LogP contribution >= 0.6 is 0 Å². The van der Waals surface area contributed by atoms with Crippen LogP contribution in [-0.2, 0) is 19.6 Å². The number of anilines is 2.